The first-order valence-electron chi connectivity index (χ1n) is 19.7. The number of amides is 4. The number of allylic oxidation sites excluding steroid dienone is 2. The van der Waals surface area contributed by atoms with E-state index >= 15 is 0 Å². The fourth-order valence-electron chi connectivity index (χ4n) is 7.25. The summed E-state index contributed by atoms with van der Waals surface area (Å²) in [4.78, 5) is 52.2. The number of fused-ring (bicyclic) bond motifs is 2. The van der Waals surface area contributed by atoms with Crippen LogP contribution < -0.4 is 31.9 Å². The molecule has 0 spiro atoms. The number of hydrogen-bond acceptors (Lipinski definition) is 11. The molecule has 0 saturated carbocycles. The van der Waals surface area contributed by atoms with Crippen LogP contribution in [0.3, 0.4) is 0 Å². The third-order valence-corrected chi connectivity index (χ3v) is 10.5. The van der Waals surface area contributed by atoms with Crippen molar-refractivity contribution < 1.29 is 18.4 Å². The normalized spacial score (nSPS) is 19.8. The highest BCUT2D eigenvalue weighted by Crippen LogP contribution is 2.32. The van der Waals surface area contributed by atoms with Crippen LogP contribution in [0.25, 0.3) is 28.0 Å². The molecule has 2 unspecified atom stereocenters. The first-order valence-corrected chi connectivity index (χ1v) is 20.4. The number of nitrogens with one attached hydrogen (secondary N) is 7. The molecular weight excluding hydrogens is 805 g/mol. The van der Waals surface area contributed by atoms with Crippen LogP contribution in [0.1, 0.15) is 51.8 Å². The van der Waals surface area contributed by atoms with Gasteiger partial charge in [-0.25, -0.2) is 43.3 Å². The number of aromatic amines is 1. The number of nitrogens with zero attached hydrogens (tertiary/aromatic N) is 7. The second-order valence-electron chi connectivity index (χ2n) is 14.4. The van der Waals surface area contributed by atoms with E-state index in [9.17, 15) is 18.4 Å². The van der Waals surface area contributed by atoms with E-state index in [4.69, 9.17) is 23.2 Å². The first kappa shape index (κ1) is 41.4. The summed E-state index contributed by atoms with van der Waals surface area (Å²) in [6, 6.07) is 1.40. The van der Waals surface area contributed by atoms with Crippen molar-refractivity contribution in [2.45, 2.75) is 64.2 Å². The molecule has 4 aromatic rings. The van der Waals surface area contributed by atoms with E-state index in [0.717, 1.165) is 54.8 Å². The highest BCUT2D eigenvalue weighted by atomic mass is 35.5. The monoisotopic (exact) mass is 850 g/mol. The zero-order chi connectivity index (χ0) is 41.5. The summed E-state index contributed by atoms with van der Waals surface area (Å²) in [7, 11) is 0. The number of aromatic nitrogens is 6. The summed E-state index contributed by atoms with van der Waals surface area (Å²) in [6.07, 6.45) is 15.0. The average molecular weight is 852 g/mol. The molecule has 0 aromatic carbocycles. The Morgan fingerprint density at radius 1 is 0.847 bits per heavy atom. The lowest BCUT2D eigenvalue weighted by atomic mass is 10.0. The van der Waals surface area contributed by atoms with Gasteiger partial charge in [0.1, 0.15) is 11.8 Å². The van der Waals surface area contributed by atoms with Crippen LogP contribution in [0, 0.1) is 11.6 Å². The Hall–Kier alpha value is -5.75. The number of urea groups is 2. The molecule has 16 nitrogen and oxygen atoms in total. The molecule has 0 bridgehead atoms. The zero-order valence-electron chi connectivity index (χ0n) is 32.6. The van der Waals surface area contributed by atoms with Gasteiger partial charge in [-0.05, 0) is 51.2 Å². The maximum Gasteiger partial charge on any atom is 0.317 e. The van der Waals surface area contributed by atoms with Crippen LogP contribution in [0.15, 0.2) is 59.9 Å². The van der Waals surface area contributed by atoms with Gasteiger partial charge in [-0.1, -0.05) is 30.1 Å². The predicted molar refractivity (Wildman–Crippen MR) is 223 cm³/mol. The lowest BCUT2D eigenvalue weighted by Gasteiger charge is -2.33. The summed E-state index contributed by atoms with van der Waals surface area (Å²) < 4.78 is 28.9. The topological polar surface area (TPSA) is 193 Å². The number of H-pyrrole nitrogens is 1. The second kappa shape index (κ2) is 18.9. The van der Waals surface area contributed by atoms with Gasteiger partial charge in [0.25, 0.3) is 0 Å². The number of rotatable bonds is 9. The van der Waals surface area contributed by atoms with Crippen molar-refractivity contribution in [3.05, 3.63) is 82.4 Å². The van der Waals surface area contributed by atoms with Crippen LogP contribution in [0.4, 0.5) is 30.0 Å². The predicted octanol–water partition coefficient (Wildman–Crippen LogP) is 5.91. The van der Waals surface area contributed by atoms with E-state index in [0.29, 0.717) is 72.2 Å². The molecule has 8 heterocycles. The SMILES string of the molecule is CCCNC(=O)N1CCCC(Nc2nc(C3=CNC4NC=C(Cl)C=C34)ncc2F)C1.CCNC(=O)N1CCC[C@H](Nc2nc(-c3c[nH]c4ncc(Cl)cc34)ncc2F)C1. The molecule has 2 fully saturated rings. The number of piperidine rings is 2. The van der Waals surface area contributed by atoms with E-state index in [1.165, 1.54) is 6.20 Å². The van der Waals surface area contributed by atoms with Gasteiger partial charge in [0, 0.05) is 98.2 Å². The van der Waals surface area contributed by atoms with Crippen molar-refractivity contribution in [3.8, 4) is 11.4 Å². The molecule has 0 radical (unpaired) electrons. The molecule has 59 heavy (non-hydrogen) atoms. The van der Waals surface area contributed by atoms with E-state index in [-0.39, 0.29) is 41.9 Å². The number of dihydropyridines is 1. The van der Waals surface area contributed by atoms with E-state index in [1.54, 1.807) is 40.7 Å². The average Bonchev–Trinajstić information content (AvgIpc) is 3.86. The molecule has 2 saturated heterocycles. The summed E-state index contributed by atoms with van der Waals surface area (Å²) in [6.45, 7) is 7.46. The summed E-state index contributed by atoms with van der Waals surface area (Å²) in [5, 5.41) is 20.1. The van der Waals surface area contributed by atoms with Crippen molar-refractivity contribution in [1.29, 1.82) is 0 Å². The summed E-state index contributed by atoms with van der Waals surface area (Å²) >= 11 is 12.2. The minimum Gasteiger partial charge on any atom is -0.367 e. The third kappa shape index (κ3) is 9.93. The quantitative estimate of drug-likeness (QED) is 0.106. The van der Waals surface area contributed by atoms with Crippen LogP contribution in [0.5, 0.6) is 0 Å². The van der Waals surface area contributed by atoms with E-state index in [2.05, 4.69) is 61.8 Å². The van der Waals surface area contributed by atoms with Crippen LogP contribution in [-0.4, -0.2) is 109 Å². The lowest BCUT2D eigenvalue weighted by Crippen LogP contribution is -2.49. The van der Waals surface area contributed by atoms with Crippen LogP contribution >= 0.6 is 23.2 Å². The molecule has 312 valence electrons. The van der Waals surface area contributed by atoms with Crippen molar-refractivity contribution in [2.75, 3.05) is 49.9 Å². The Labute approximate surface area is 349 Å². The van der Waals surface area contributed by atoms with Gasteiger partial charge < -0.3 is 46.7 Å². The Morgan fingerprint density at radius 2 is 1.47 bits per heavy atom. The van der Waals surface area contributed by atoms with E-state index < -0.39 is 11.6 Å². The number of halogens is 4. The van der Waals surface area contributed by atoms with Gasteiger partial charge in [0.15, 0.2) is 34.9 Å². The van der Waals surface area contributed by atoms with Gasteiger partial charge in [-0.2, -0.15) is 0 Å². The van der Waals surface area contributed by atoms with Crippen molar-refractivity contribution in [3.63, 3.8) is 0 Å². The molecule has 4 aliphatic heterocycles. The Morgan fingerprint density at radius 3 is 2.14 bits per heavy atom. The number of hydrogen-bond donors (Lipinski definition) is 7. The number of pyridine rings is 1. The molecule has 20 heteroatoms. The zero-order valence-corrected chi connectivity index (χ0v) is 34.1. The molecular formula is C39H46Cl2F2N14O2. The van der Waals surface area contributed by atoms with Gasteiger partial charge in [-0.15, -0.1) is 0 Å². The maximum absolute atomic E-state index is 14.5. The van der Waals surface area contributed by atoms with Gasteiger partial charge in [0.05, 0.1) is 22.4 Å². The molecule has 0 aliphatic carbocycles. The van der Waals surface area contributed by atoms with Crippen molar-refractivity contribution in [2.24, 2.45) is 0 Å². The molecule has 4 aliphatic rings. The Kier molecular flexibility index (Phi) is 13.3. The van der Waals surface area contributed by atoms with Crippen molar-refractivity contribution in [1.82, 2.24) is 61.0 Å². The Balaban J connectivity index is 0.000000179. The molecule has 3 atom stereocenters. The molecule has 7 N–H and O–H groups in total. The highest BCUT2D eigenvalue weighted by Gasteiger charge is 2.30. The van der Waals surface area contributed by atoms with Gasteiger partial charge in [-0.3, -0.25) is 0 Å². The summed E-state index contributed by atoms with van der Waals surface area (Å²) in [5.41, 5.74) is 2.99. The third-order valence-electron chi connectivity index (χ3n) is 10.1. The largest absolute Gasteiger partial charge is 0.367 e. The minimum absolute atomic E-state index is 0.0814. The fourth-order valence-corrected chi connectivity index (χ4v) is 7.59. The first-order chi connectivity index (χ1) is 28.6. The summed E-state index contributed by atoms with van der Waals surface area (Å²) in [5.74, 6) is -0.0523. The standard InChI is InChI=1S/C20H25ClFN7O.C19H21ClFN7O/c1-2-5-23-20(30)29-6-3-4-13(11-29)27-19-16(22)10-26-18(28-19)15-9-25-17-14(15)7-12(21)8-24-17;1-2-22-19(29)28-5-3-4-12(10-28)26-18-15(21)9-25-17(27-18)14-8-24-16-13(14)6-11(20)7-23-16/h7-10,13,17,24-25H,2-6,11H2,1H3,(H,23,30)(H,26,27,28);6-9,12H,2-5,10H2,1H3,(H,22,29)(H,23,24)(H,25,26,27)/t;12-/m.0/s1. The Bertz CT molecular complexity index is 2270. The minimum atomic E-state index is -0.542. The second-order valence-corrected chi connectivity index (χ2v) is 15.3. The number of likely N-dealkylation sites (tertiary alicyclic amines) is 2. The number of carbonyl (C=O) groups is 2. The fraction of sp³-hybridized carbons (Fsp3) is 0.410. The molecule has 8 rings (SSSR count). The number of anilines is 2. The maximum atomic E-state index is 14.5. The highest BCUT2D eigenvalue weighted by molar-refractivity contribution is 6.31. The van der Waals surface area contributed by atoms with Crippen LogP contribution in [-0.2, 0) is 0 Å². The lowest BCUT2D eigenvalue weighted by molar-refractivity contribution is 0.182. The van der Waals surface area contributed by atoms with Crippen molar-refractivity contribution >= 4 is 63.5 Å². The van der Waals surface area contributed by atoms with Crippen LogP contribution in [0.2, 0.25) is 5.02 Å². The number of carbonyl (C=O) groups excluding carboxylic acids is 2. The van der Waals surface area contributed by atoms with Gasteiger partial charge >= 0.3 is 12.1 Å². The smallest absolute Gasteiger partial charge is 0.317 e. The van der Waals surface area contributed by atoms with E-state index in [1.807, 2.05) is 19.9 Å². The molecule has 4 aromatic heterocycles. The van der Waals surface area contributed by atoms with Gasteiger partial charge in [0.2, 0.25) is 0 Å². The molecule has 4 amide bonds.